The number of aryl methyl sites for hydroxylation is 2. The smallest absolute Gasteiger partial charge is 0.264 e. The predicted octanol–water partition coefficient (Wildman–Crippen LogP) is 6.34. The Morgan fingerprint density at radius 3 is 2.41 bits per heavy atom. The number of amides is 2. The van der Waals surface area contributed by atoms with Gasteiger partial charge in [-0.15, -0.1) is 0 Å². The molecule has 2 aromatic heterocycles. The number of ether oxygens (including phenoxy) is 1. The molecule has 2 atom stereocenters. The molecule has 4 bridgehead atoms. The van der Waals surface area contributed by atoms with Gasteiger partial charge in [-0.05, 0) is 67.3 Å². The van der Waals surface area contributed by atoms with Gasteiger partial charge in [0, 0.05) is 29.7 Å². The number of carbonyl (C=O) groups excluding carboxylic acids is 2. The van der Waals surface area contributed by atoms with Crippen LogP contribution in [0.3, 0.4) is 0 Å². The summed E-state index contributed by atoms with van der Waals surface area (Å²) in [4.78, 5) is 49.2. The zero-order chi connectivity index (χ0) is 36.7. The number of rotatable bonds is 6. The Hall–Kier alpha value is -4.91. The first-order valence-corrected chi connectivity index (χ1v) is 18.7. The quantitative estimate of drug-likeness (QED) is 0.242. The van der Waals surface area contributed by atoms with Gasteiger partial charge in [0.05, 0.1) is 41.3 Å². The van der Waals surface area contributed by atoms with Gasteiger partial charge in [0.25, 0.3) is 15.9 Å². The van der Waals surface area contributed by atoms with Crippen molar-refractivity contribution < 1.29 is 22.7 Å². The van der Waals surface area contributed by atoms with Crippen molar-refractivity contribution in [2.75, 3.05) is 16.2 Å². The Morgan fingerprint density at radius 1 is 0.980 bits per heavy atom. The number of hydrogen-bond acceptors (Lipinski definition) is 9. The van der Waals surface area contributed by atoms with Crippen LogP contribution in [0.25, 0.3) is 11.3 Å². The lowest BCUT2D eigenvalue weighted by Gasteiger charge is -2.35. The summed E-state index contributed by atoms with van der Waals surface area (Å²) in [5, 5.41) is 0. The molecule has 0 unspecified atom stereocenters. The van der Waals surface area contributed by atoms with E-state index >= 15 is 0 Å². The number of sulfonamides is 1. The second-order valence-corrected chi connectivity index (χ2v) is 16.6. The number of nitrogens with one attached hydrogen (secondary N) is 1. The van der Waals surface area contributed by atoms with Crippen molar-refractivity contribution in [3.05, 3.63) is 83.3 Å². The first-order valence-electron chi connectivity index (χ1n) is 17.2. The molecule has 0 spiro atoms. The maximum atomic E-state index is 14.6. The molecule has 6 rings (SSSR count). The fraction of sp³-hybridized carbons (Fsp3) is 0.421. The fourth-order valence-corrected chi connectivity index (χ4v) is 7.93. The second kappa shape index (κ2) is 14.0. The van der Waals surface area contributed by atoms with E-state index in [-0.39, 0.29) is 58.7 Å². The molecule has 51 heavy (non-hydrogen) atoms. The van der Waals surface area contributed by atoms with E-state index in [0.29, 0.717) is 30.0 Å². The van der Waals surface area contributed by atoms with Gasteiger partial charge >= 0.3 is 0 Å². The van der Waals surface area contributed by atoms with Crippen molar-refractivity contribution in [1.82, 2.24) is 24.8 Å². The lowest BCUT2D eigenvalue weighted by Crippen LogP contribution is -2.45. The molecular weight excluding hydrogens is 667 g/mol. The monoisotopic (exact) mass is 711 g/mol. The fourth-order valence-electron chi connectivity index (χ4n) is 6.94. The van der Waals surface area contributed by atoms with E-state index in [9.17, 15) is 18.0 Å². The third-order valence-corrected chi connectivity index (χ3v) is 10.6. The SMILES string of the molecule is Cc1cccc(C)c1-c1cc2nc(n1)NS(=O)(=O)c1cccc(c1)C(=O)N(Cc1cncc(N3C(=O)CC[C@H]3C(C)C)n1)[C@H](CC(C)(C)C)CO2. The van der Waals surface area contributed by atoms with Crippen LogP contribution >= 0.6 is 0 Å². The number of benzene rings is 2. The van der Waals surface area contributed by atoms with Crippen LogP contribution in [0.5, 0.6) is 5.88 Å². The molecule has 2 aromatic carbocycles. The minimum Gasteiger partial charge on any atom is -0.475 e. The lowest BCUT2D eigenvalue weighted by atomic mass is 9.87. The first kappa shape index (κ1) is 35.9. The maximum Gasteiger partial charge on any atom is 0.264 e. The molecule has 0 saturated carbocycles. The summed E-state index contributed by atoms with van der Waals surface area (Å²) >= 11 is 0. The molecule has 2 amide bonds. The normalized spacial score (nSPS) is 19.2. The van der Waals surface area contributed by atoms with Gasteiger partial charge in [-0.25, -0.2) is 23.1 Å². The van der Waals surface area contributed by atoms with E-state index in [4.69, 9.17) is 9.72 Å². The Morgan fingerprint density at radius 2 is 1.71 bits per heavy atom. The number of carbonyl (C=O) groups is 2. The minimum atomic E-state index is -4.21. The summed E-state index contributed by atoms with van der Waals surface area (Å²) in [7, 11) is -4.21. The highest BCUT2D eigenvalue weighted by molar-refractivity contribution is 7.92. The molecule has 2 aliphatic rings. The highest BCUT2D eigenvalue weighted by Gasteiger charge is 2.36. The summed E-state index contributed by atoms with van der Waals surface area (Å²) in [5.74, 6) is 0.283. The minimum absolute atomic E-state index is 0.000654. The summed E-state index contributed by atoms with van der Waals surface area (Å²) < 4.78 is 36.4. The standard InChI is InChI=1S/C38H45N7O5S/c1-23(2)31-14-15-34(46)45(31)32-20-39-19-27(40-32)21-44-28(18-38(5,6)7)22-50-33-17-30(35-24(3)10-8-11-25(35)4)41-37(42-33)43-51(48,49)29-13-9-12-26(16-29)36(44)47/h8-13,16-17,19-20,23,28,31H,14-15,18,21-22H2,1-7H3,(H,41,42,43)/t28-,31+/m1/s1. The largest absolute Gasteiger partial charge is 0.475 e. The second-order valence-electron chi connectivity index (χ2n) is 15.0. The van der Waals surface area contributed by atoms with Gasteiger partial charge in [-0.2, -0.15) is 4.98 Å². The van der Waals surface area contributed by atoms with Crippen LogP contribution in [0.1, 0.15) is 81.1 Å². The van der Waals surface area contributed by atoms with Gasteiger partial charge in [-0.1, -0.05) is 58.9 Å². The summed E-state index contributed by atoms with van der Waals surface area (Å²) in [6.07, 6.45) is 4.89. The van der Waals surface area contributed by atoms with Crippen molar-refractivity contribution in [3.63, 3.8) is 0 Å². The summed E-state index contributed by atoms with van der Waals surface area (Å²) in [6, 6.07) is 13.0. The molecule has 4 aromatic rings. The molecule has 0 aliphatic carbocycles. The molecule has 1 fully saturated rings. The third-order valence-electron chi connectivity index (χ3n) is 9.30. The van der Waals surface area contributed by atoms with Crippen molar-refractivity contribution in [2.24, 2.45) is 11.3 Å². The van der Waals surface area contributed by atoms with Crippen LogP contribution in [0.2, 0.25) is 0 Å². The average molecular weight is 712 g/mol. The van der Waals surface area contributed by atoms with E-state index in [2.05, 4.69) is 54.3 Å². The molecule has 4 heterocycles. The number of hydrogen-bond donors (Lipinski definition) is 1. The van der Waals surface area contributed by atoms with Gasteiger partial charge < -0.3 is 9.64 Å². The van der Waals surface area contributed by atoms with Crippen LogP contribution in [0, 0.1) is 25.2 Å². The Labute approximate surface area is 299 Å². The number of nitrogens with zero attached hydrogens (tertiary/aromatic N) is 6. The molecule has 1 N–H and O–H groups in total. The van der Waals surface area contributed by atoms with E-state index in [1.54, 1.807) is 40.4 Å². The van der Waals surface area contributed by atoms with Crippen LogP contribution in [-0.4, -0.2) is 63.8 Å². The predicted molar refractivity (Wildman–Crippen MR) is 195 cm³/mol. The molecule has 2 aliphatic heterocycles. The van der Waals surface area contributed by atoms with Crippen molar-refractivity contribution in [2.45, 2.75) is 91.3 Å². The van der Waals surface area contributed by atoms with Gasteiger partial charge in [-0.3, -0.25) is 19.5 Å². The number of anilines is 2. The zero-order valence-electron chi connectivity index (χ0n) is 30.2. The molecule has 13 heteroatoms. The van der Waals surface area contributed by atoms with E-state index in [0.717, 1.165) is 23.1 Å². The molecule has 0 radical (unpaired) electrons. The highest BCUT2D eigenvalue weighted by atomic mass is 32.2. The number of fused-ring (bicyclic) bond motifs is 4. The molecule has 1 saturated heterocycles. The molecule has 12 nitrogen and oxygen atoms in total. The van der Waals surface area contributed by atoms with Gasteiger partial charge in [0.2, 0.25) is 17.7 Å². The van der Waals surface area contributed by atoms with Crippen molar-refractivity contribution >= 4 is 33.6 Å². The molecular formula is C38H45N7O5S. The van der Waals surface area contributed by atoms with Crippen molar-refractivity contribution in [1.29, 1.82) is 0 Å². The van der Waals surface area contributed by atoms with E-state index < -0.39 is 22.0 Å². The summed E-state index contributed by atoms with van der Waals surface area (Å²) in [5.41, 5.74) is 3.68. The van der Waals surface area contributed by atoms with Crippen LogP contribution in [-0.2, 0) is 21.4 Å². The average Bonchev–Trinajstić information content (AvgIpc) is 3.46. The Balaban J connectivity index is 1.46. The van der Waals surface area contributed by atoms with Crippen LogP contribution in [0.4, 0.5) is 11.8 Å². The van der Waals surface area contributed by atoms with E-state index in [1.807, 2.05) is 32.0 Å². The van der Waals surface area contributed by atoms with Crippen LogP contribution in [0.15, 0.2) is 65.8 Å². The number of aromatic nitrogens is 4. The Bertz CT molecular complexity index is 2060. The highest BCUT2D eigenvalue weighted by Crippen LogP contribution is 2.33. The molecule has 268 valence electrons. The summed E-state index contributed by atoms with van der Waals surface area (Å²) in [6.45, 7) is 14.4. The van der Waals surface area contributed by atoms with Crippen molar-refractivity contribution in [3.8, 4) is 17.1 Å². The zero-order valence-corrected chi connectivity index (χ0v) is 31.0. The maximum absolute atomic E-state index is 14.6. The first-order chi connectivity index (χ1) is 24.1. The van der Waals surface area contributed by atoms with Crippen LogP contribution < -0.4 is 14.4 Å². The van der Waals surface area contributed by atoms with E-state index in [1.165, 1.54) is 12.1 Å². The topological polar surface area (TPSA) is 148 Å². The van der Waals surface area contributed by atoms with Gasteiger partial charge in [0.1, 0.15) is 6.61 Å². The third kappa shape index (κ3) is 7.88. The van der Waals surface area contributed by atoms with Gasteiger partial charge in [0.15, 0.2) is 5.82 Å². The Kier molecular flexibility index (Phi) is 9.86. The lowest BCUT2D eigenvalue weighted by molar-refractivity contribution is -0.117.